The number of nitrogens with two attached hydrogens (primary N) is 1. The van der Waals surface area contributed by atoms with Gasteiger partial charge in [-0.3, -0.25) is 0 Å². The summed E-state index contributed by atoms with van der Waals surface area (Å²) < 4.78 is 0. The number of hydrogen-bond donors (Lipinski definition) is 2. The molecule has 0 radical (unpaired) electrons. The minimum atomic E-state index is 0.440. The van der Waals surface area contributed by atoms with Crippen molar-refractivity contribution < 1.29 is 0 Å². The van der Waals surface area contributed by atoms with Crippen LogP contribution in [0.5, 0.6) is 0 Å². The monoisotopic (exact) mass is 463 g/mol. The Balaban J connectivity index is 1.81. The third kappa shape index (κ3) is 5.42. The minimum Gasteiger partial charge on any atom is -0.383 e. The molecule has 5 nitrogen and oxygen atoms in total. The number of anilines is 3. The molecule has 0 aliphatic heterocycles. The zero-order valence-electron chi connectivity index (χ0n) is 21.2. The molecule has 2 aromatic heterocycles. The van der Waals surface area contributed by atoms with Gasteiger partial charge in [0.1, 0.15) is 11.6 Å². The van der Waals surface area contributed by atoms with Crippen molar-refractivity contribution in [3.05, 3.63) is 82.2 Å². The molecule has 2 heterocycles. The first-order chi connectivity index (χ1) is 16.9. The van der Waals surface area contributed by atoms with Crippen LogP contribution in [0.15, 0.2) is 54.4 Å². The van der Waals surface area contributed by atoms with Crippen LogP contribution in [0.4, 0.5) is 17.6 Å². The van der Waals surface area contributed by atoms with Crippen LogP contribution in [-0.2, 0) is 6.42 Å². The molecular weight excluding hydrogens is 430 g/mol. The zero-order chi connectivity index (χ0) is 24.9. The number of nitrogen functional groups attached to an aromatic ring is 1. The molecule has 4 aromatic rings. The molecule has 4 rings (SSSR count). The van der Waals surface area contributed by atoms with Crippen LogP contribution in [0.3, 0.4) is 0 Å². The van der Waals surface area contributed by atoms with Gasteiger partial charge in [0.15, 0.2) is 0 Å². The Morgan fingerprint density at radius 2 is 1.77 bits per heavy atom. The van der Waals surface area contributed by atoms with Crippen LogP contribution >= 0.6 is 0 Å². The third-order valence-electron chi connectivity index (χ3n) is 5.97. The molecule has 0 bridgehead atoms. The second kappa shape index (κ2) is 10.5. The number of benzene rings is 2. The Hall–Kier alpha value is -3.95. The highest BCUT2D eigenvalue weighted by atomic mass is 15.2. The van der Waals surface area contributed by atoms with Crippen molar-refractivity contribution in [1.82, 2.24) is 15.0 Å². The van der Waals surface area contributed by atoms with Gasteiger partial charge in [0.05, 0.1) is 5.52 Å². The maximum atomic E-state index is 6.43. The van der Waals surface area contributed by atoms with Gasteiger partial charge in [0.25, 0.3) is 0 Å². The molecule has 0 spiro atoms. The van der Waals surface area contributed by atoms with E-state index in [9.17, 15) is 0 Å². The van der Waals surface area contributed by atoms with Crippen LogP contribution in [0.25, 0.3) is 28.1 Å². The molecule has 0 atom stereocenters. The van der Waals surface area contributed by atoms with E-state index < -0.39 is 0 Å². The molecule has 0 unspecified atom stereocenters. The number of allylic oxidation sites excluding steroid dienone is 1. The smallest absolute Gasteiger partial charge is 0.230 e. The maximum Gasteiger partial charge on any atom is 0.230 e. The van der Waals surface area contributed by atoms with Gasteiger partial charge in [-0.2, -0.15) is 4.98 Å². The molecule has 0 saturated heterocycles. The first-order valence-corrected chi connectivity index (χ1v) is 12.2. The number of fused-ring (bicyclic) bond motifs is 1. The van der Waals surface area contributed by atoms with E-state index in [1.54, 1.807) is 0 Å². The van der Waals surface area contributed by atoms with E-state index in [-0.39, 0.29) is 0 Å². The third-order valence-corrected chi connectivity index (χ3v) is 5.97. The quantitative estimate of drug-likeness (QED) is 0.278. The fraction of sp³-hybridized carbons (Fsp3) is 0.267. The molecule has 0 saturated carbocycles. The van der Waals surface area contributed by atoms with Crippen LogP contribution in [-0.4, -0.2) is 15.0 Å². The van der Waals surface area contributed by atoms with Crippen molar-refractivity contribution >= 4 is 34.6 Å². The number of nitrogens with zero attached hydrogens (tertiary/aromatic N) is 3. The summed E-state index contributed by atoms with van der Waals surface area (Å²) in [7, 11) is 0. The summed E-state index contributed by atoms with van der Waals surface area (Å²) in [6.07, 6.45) is 9.03. The van der Waals surface area contributed by atoms with Crippen molar-refractivity contribution in [1.29, 1.82) is 0 Å². The van der Waals surface area contributed by atoms with Gasteiger partial charge < -0.3 is 11.1 Å². The van der Waals surface area contributed by atoms with Crippen LogP contribution < -0.4 is 11.1 Å². The summed E-state index contributed by atoms with van der Waals surface area (Å²) in [6, 6.07) is 12.6. The van der Waals surface area contributed by atoms with Gasteiger partial charge in [-0.1, -0.05) is 38.5 Å². The number of nitrogens with one attached hydrogen (secondary N) is 1. The zero-order valence-corrected chi connectivity index (χ0v) is 21.2. The lowest BCUT2D eigenvalue weighted by atomic mass is 9.91. The van der Waals surface area contributed by atoms with Crippen molar-refractivity contribution in [3.8, 4) is 11.1 Å². The fourth-order valence-corrected chi connectivity index (χ4v) is 4.47. The van der Waals surface area contributed by atoms with E-state index in [0.29, 0.717) is 17.6 Å². The molecule has 3 N–H and O–H groups in total. The van der Waals surface area contributed by atoms with Crippen LogP contribution in [0.2, 0.25) is 0 Å². The van der Waals surface area contributed by atoms with Gasteiger partial charge in [-0.25, -0.2) is 9.97 Å². The molecule has 2 aromatic carbocycles. The van der Waals surface area contributed by atoms with E-state index in [2.05, 4.69) is 79.9 Å². The minimum absolute atomic E-state index is 0.440. The van der Waals surface area contributed by atoms with Crippen molar-refractivity contribution in [2.45, 2.75) is 53.9 Å². The number of hydrogen-bond acceptors (Lipinski definition) is 5. The predicted octanol–water partition coefficient (Wildman–Crippen LogP) is 7.47. The highest BCUT2D eigenvalue weighted by Gasteiger charge is 2.16. The summed E-state index contributed by atoms with van der Waals surface area (Å²) in [4.78, 5) is 14.0. The molecule has 35 heavy (non-hydrogen) atoms. The standard InChI is InChI=1S/C30H33N5/c1-6-8-9-11-23-16-20(4)27(21(5)17-23)24-14-19(3)15-25-28(24)34-30(35-29(25)31)33-26-13-12-22(10-7-2)18-32-26/h8,11-18H,6-7,10H2,1-5H3,(H3,31,32,33,34,35). The Morgan fingerprint density at radius 1 is 1.00 bits per heavy atom. The van der Waals surface area contributed by atoms with Gasteiger partial charge in [0, 0.05) is 17.1 Å². The average Bonchev–Trinajstić information content (AvgIpc) is 2.81. The molecular formula is C30H33N5. The molecule has 0 aliphatic carbocycles. The van der Waals surface area contributed by atoms with E-state index in [1.165, 1.54) is 22.3 Å². The van der Waals surface area contributed by atoms with Crippen LogP contribution in [0, 0.1) is 20.8 Å². The summed E-state index contributed by atoms with van der Waals surface area (Å²) >= 11 is 0. The fourth-order valence-electron chi connectivity index (χ4n) is 4.47. The average molecular weight is 464 g/mol. The highest BCUT2D eigenvalue weighted by Crippen LogP contribution is 2.36. The van der Waals surface area contributed by atoms with Gasteiger partial charge in [0.2, 0.25) is 5.95 Å². The molecule has 178 valence electrons. The van der Waals surface area contributed by atoms with Gasteiger partial charge in [-0.05, 0) is 97.3 Å². The van der Waals surface area contributed by atoms with E-state index in [1.807, 2.05) is 30.5 Å². The van der Waals surface area contributed by atoms with E-state index in [0.717, 1.165) is 46.9 Å². The Labute approximate surface area is 207 Å². The highest BCUT2D eigenvalue weighted by molar-refractivity contribution is 6.01. The van der Waals surface area contributed by atoms with Gasteiger partial charge >= 0.3 is 0 Å². The lowest BCUT2D eigenvalue weighted by Crippen LogP contribution is -2.04. The van der Waals surface area contributed by atoms with Gasteiger partial charge in [-0.15, -0.1) is 5.73 Å². The second-order valence-electron chi connectivity index (χ2n) is 9.02. The van der Waals surface area contributed by atoms with E-state index in [4.69, 9.17) is 10.7 Å². The van der Waals surface area contributed by atoms with Crippen molar-refractivity contribution in [2.75, 3.05) is 11.1 Å². The maximum absolute atomic E-state index is 6.43. The lowest BCUT2D eigenvalue weighted by Gasteiger charge is -2.16. The molecule has 0 aliphatic rings. The summed E-state index contributed by atoms with van der Waals surface area (Å²) in [5.74, 6) is 1.58. The number of pyridine rings is 1. The number of aromatic nitrogens is 3. The lowest BCUT2D eigenvalue weighted by molar-refractivity contribution is 0.914. The Kier molecular flexibility index (Phi) is 7.28. The normalized spacial score (nSPS) is 10.8. The molecule has 0 fully saturated rings. The van der Waals surface area contributed by atoms with Crippen molar-refractivity contribution in [3.63, 3.8) is 0 Å². The largest absolute Gasteiger partial charge is 0.383 e. The molecule has 0 amide bonds. The molecule has 5 heteroatoms. The number of rotatable bonds is 7. The summed E-state index contributed by atoms with van der Waals surface area (Å²) in [5.41, 5.74) is 18.6. The summed E-state index contributed by atoms with van der Waals surface area (Å²) in [6.45, 7) is 10.6. The van der Waals surface area contributed by atoms with Crippen LogP contribution in [0.1, 0.15) is 54.5 Å². The van der Waals surface area contributed by atoms with Crippen molar-refractivity contribution in [2.24, 2.45) is 0 Å². The topological polar surface area (TPSA) is 76.7 Å². The first-order valence-electron chi connectivity index (χ1n) is 12.2. The first kappa shape index (κ1) is 24.2. The summed E-state index contributed by atoms with van der Waals surface area (Å²) in [5, 5.41) is 4.09. The predicted molar refractivity (Wildman–Crippen MR) is 148 cm³/mol. The van der Waals surface area contributed by atoms with E-state index >= 15 is 0 Å². The Bertz CT molecular complexity index is 1400. The SMILES string of the molecule is CCC=C=Cc1cc(C)c(-c2cc(C)cc3c(N)nc(Nc4ccc(CCC)cn4)nc23)c(C)c1. The number of aryl methyl sites for hydroxylation is 4. The Morgan fingerprint density at radius 3 is 2.43 bits per heavy atom. The second-order valence-corrected chi connectivity index (χ2v) is 9.02.